The number of rotatable bonds is 10. The first kappa shape index (κ1) is 22.4. The number of hydrogen-bond acceptors (Lipinski definition) is 8. The van der Waals surface area contributed by atoms with E-state index in [9.17, 15) is 4.79 Å². The van der Waals surface area contributed by atoms with Gasteiger partial charge in [-0.15, -0.1) is 11.3 Å². The summed E-state index contributed by atoms with van der Waals surface area (Å²) >= 11 is 3.06. The van der Waals surface area contributed by atoms with E-state index in [1.165, 1.54) is 11.8 Å². The molecule has 0 bridgehead atoms. The molecule has 2 heterocycles. The topological polar surface area (TPSA) is 80.7 Å². The van der Waals surface area contributed by atoms with Crippen LogP contribution in [0.3, 0.4) is 0 Å². The number of nitrogens with zero attached hydrogens (tertiary/aromatic N) is 4. The van der Waals surface area contributed by atoms with Gasteiger partial charge in [0.15, 0.2) is 10.3 Å². The minimum Gasteiger partial charge on any atom is -0.300 e. The van der Waals surface area contributed by atoms with E-state index in [1.54, 1.807) is 11.3 Å². The first-order valence-electron chi connectivity index (χ1n) is 10.1. The SMILES string of the molecule is CCCC(=O)Cc1ccc(Sc2nc(CC(C)C)nc(Nc3ncc(C)s3)n2)cc1. The van der Waals surface area contributed by atoms with Crippen LogP contribution in [-0.4, -0.2) is 25.7 Å². The van der Waals surface area contributed by atoms with Crippen molar-refractivity contribution in [1.29, 1.82) is 0 Å². The lowest BCUT2D eigenvalue weighted by molar-refractivity contribution is -0.118. The molecule has 0 radical (unpaired) electrons. The third-order valence-corrected chi connectivity index (χ3v) is 5.86. The summed E-state index contributed by atoms with van der Waals surface area (Å²) in [4.78, 5) is 32.1. The van der Waals surface area contributed by atoms with Crippen LogP contribution in [-0.2, 0) is 17.6 Å². The zero-order valence-electron chi connectivity index (χ0n) is 17.8. The van der Waals surface area contributed by atoms with Gasteiger partial charge in [0.2, 0.25) is 5.95 Å². The maximum atomic E-state index is 11.9. The molecular formula is C22H27N5OS2. The van der Waals surface area contributed by atoms with Crippen LogP contribution < -0.4 is 5.32 Å². The molecule has 0 fully saturated rings. The second-order valence-electron chi connectivity index (χ2n) is 7.57. The number of thiazole rings is 1. The van der Waals surface area contributed by atoms with Crippen molar-refractivity contribution in [2.45, 2.75) is 63.4 Å². The fraction of sp³-hybridized carbons (Fsp3) is 0.409. The van der Waals surface area contributed by atoms with Gasteiger partial charge in [-0.3, -0.25) is 10.1 Å². The number of Topliss-reactive ketones (excluding diaryl/α,β-unsaturated/α-hetero) is 1. The van der Waals surface area contributed by atoms with Crippen LogP contribution in [0.5, 0.6) is 0 Å². The molecule has 30 heavy (non-hydrogen) atoms. The molecule has 1 aromatic carbocycles. The first-order valence-corrected chi connectivity index (χ1v) is 11.8. The van der Waals surface area contributed by atoms with E-state index in [4.69, 9.17) is 0 Å². The Kier molecular flexibility index (Phi) is 7.93. The summed E-state index contributed by atoms with van der Waals surface area (Å²) in [6.45, 7) is 8.33. The highest BCUT2D eigenvalue weighted by Gasteiger charge is 2.12. The van der Waals surface area contributed by atoms with Crippen LogP contribution in [0.25, 0.3) is 0 Å². The highest BCUT2D eigenvalue weighted by Crippen LogP contribution is 2.27. The van der Waals surface area contributed by atoms with Gasteiger partial charge in [-0.2, -0.15) is 9.97 Å². The van der Waals surface area contributed by atoms with Gasteiger partial charge in [-0.25, -0.2) is 9.97 Å². The molecule has 0 saturated heterocycles. The number of aryl methyl sites for hydroxylation is 1. The van der Waals surface area contributed by atoms with Crippen LogP contribution in [0.4, 0.5) is 11.1 Å². The fourth-order valence-corrected chi connectivity index (χ4v) is 4.26. The zero-order valence-corrected chi connectivity index (χ0v) is 19.4. The van der Waals surface area contributed by atoms with Crippen molar-refractivity contribution in [2.24, 2.45) is 5.92 Å². The number of benzene rings is 1. The zero-order chi connectivity index (χ0) is 21.5. The number of carbonyl (C=O) groups excluding carboxylic acids is 1. The van der Waals surface area contributed by atoms with Gasteiger partial charge in [0, 0.05) is 35.2 Å². The highest BCUT2D eigenvalue weighted by molar-refractivity contribution is 7.99. The smallest absolute Gasteiger partial charge is 0.233 e. The molecule has 0 aliphatic rings. The average molecular weight is 442 g/mol. The highest BCUT2D eigenvalue weighted by atomic mass is 32.2. The minimum atomic E-state index is 0.279. The maximum absolute atomic E-state index is 11.9. The monoisotopic (exact) mass is 441 g/mol. The van der Waals surface area contributed by atoms with Gasteiger partial charge >= 0.3 is 0 Å². The lowest BCUT2D eigenvalue weighted by Crippen LogP contribution is -2.07. The van der Waals surface area contributed by atoms with Gasteiger partial charge in [0.1, 0.15) is 11.6 Å². The van der Waals surface area contributed by atoms with Crippen molar-refractivity contribution >= 4 is 40.0 Å². The molecule has 8 heteroatoms. The molecule has 0 spiro atoms. The van der Waals surface area contributed by atoms with E-state index in [0.717, 1.165) is 39.1 Å². The summed E-state index contributed by atoms with van der Waals surface area (Å²) < 4.78 is 0. The quantitative estimate of drug-likeness (QED) is 0.436. The molecule has 6 nitrogen and oxygen atoms in total. The number of aromatic nitrogens is 4. The van der Waals surface area contributed by atoms with Crippen LogP contribution >= 0.6 is 23.1 Å². The van der Waals surface area contributed by atoms with Crippen molar-refractivity contribution < 1.29 is 4.79 Å². The summed E-state index contributed by atoms with van der Waals surface area (Å²) in [6.07, 6.45) is 4.62. The van der Waals surface area contributed by atoms with Gasteiger partial charge < -0.3 is 0 Å². The van der Waals surface area contributed by atoms with E-state index >= 15 is 0 Å². The fourth-order valence-electron chi connectivity index (χ4n) is 2.84. The van der Waals surface area contributed by atoms with Crippen LogP contribution in [0.2, 0.25) is 0 Å². The van der Waals surface area contributed by atoms with Crippen molar-refractivity contribution in [3.63, 3.8) is 0 Å². The number of carbonyl (C=O) groups is 1. The molecule has 3 aromatic rings. The van der Waals surface area contributed by atoms with E-state index < -0.39 is 0 Å². The van der Waals surface area contributed by atoms with E-state index in [-0.39, 0.29) is 5.78 Å². The van der Waals surface area contributed by atoms with E-state index in [0.29, 0.717) is 29.9 Å². The van der Waals surface area contributed by atoms with Crippen molar-refractivity contribution in [3.8, 4) is 0 Å². The van der Waals surface area contributed by atoms with Crippen molar-refractivity contribution in [1.82, 2.24) is 19.9 Å². The molecule has 0 aliphatic carbocycles. The Morgan fingerprint density at radius 3 is 2.57 bits per heavy atom. The Hall–Kier alpha value is -2.32. The molecule has 3 rings (SSSR count). The van der Waals surface area contributed by atoms with Gasteiger partial charge in [-0.1, -0.05) is 32.9 Å². The largest absolute Gasteiger partial charge is 0.300 e. The van der Waals surface area contributed by atoms with Gasteiger partial charge in [0.05, 0.1) is 0 Å². The summed E-state index contributed by atoms with van der Waals surface area (Å²) in [5.74, 6) is 2.00. The standard InChI is InChI=1S/C22H27N5OS2/c1-5-6-17(28)12-16-7-9-18(10-8-16)30-22-25-19(11-14(2)3)24-20(27-22)26-21-23-13-15(4)29-21/h7-10,13-14H,5-6,11-12H2,1-4H3,(H,23,24,25,26,27). The Balaban J connectivity index is 1.76. The maximum Gasteiger partial charge on any atom is 0.233 e. The molecule has 0 atom stereocenters. The lowest BCUT2D eigenvalue weighted by Gasteiger charge is -2.09. The predicted octanol–water partition coefficient (Wildman–Crippen LogP) is 5.64. The molecule has 2 aromatic heterocycles. The number of ketones is 1. The second-order valence-corrected chi connectivity index (χ2v) is 9.84. The van der Waals surface area contributed by atoms with Crippen LogP contribution in [0, 0.1) is 12.8 Å². The third kappa shape index (κ3) is 6.88. The normalized spacial score (nSPS) is 11.1. The Bertz CT molecular complexity index is 985. The summed E-state index contributed by atoms with van der Waals surface area (Å²) in [7, 11) is 0. The predicted molar refractivity (Wildman–Crippen MR) is 123 cm³/mol. The minimum absolute atomic E-state index is 0.279. The summed E-state index contributed by atoms with van der Waals surface area (Å²) in [5.41, 5.74) is 1.04. The van der Waals surface area contributed by atoms with Crippen LogP contribution in [0.1, 0.15) is 49.9 Å². The molecule has 0 aliphatic heterocycles. The Morgan fingerprint density at radius 2 is 1.93 bits per heavy atom. The molecular weight excluding hydrogens is 414 g/mol. The molecule has 1 N–H and O–H groups in total. The Labute approximate surface area is 186 Å². The molecule has 0 saturated carbocycles. The second kappa shape index (κ2) is 10.6. The van der Waals surface area contributed by atoms with Crippen molar-refractivity contribution in [2.75, 3.05) is 5.32 Å². The third-order valence-electron chi connectivity index (χ3n) is 4.15. The number of nitrogens with one attached hydrogen (secondary N) is 1. The summed E-state index contributed by atoms with van der Waals surface area (Å²) in [6, 6.07) is 8.04. The van der Waals surface area contributed by atoms with Gasteiger partial charge in [-0.05, 0) is 48.7 Å². The molecule has 0 amide bonds. The van der Waals surface area contributed by atoms with Gasteiger partial charge in [0.25, 0.3) is 0 Å². The first-order chi connectivity index (χ1) is 14.4. The van der Waals surface area contributed by atoms with E-state index in [1.807, 2.05) is 44.3 Å². The Morgan fingerprint density at radius 1 is 1.17 bits per heavy atom. The van der Waals surface area contributed by atoms with E-state index in [2.05, 4.69) is 39.1 Å². The molecule has 0 unspecified atom stereocenters. The average Bonchev–Trinajstić information content (AvgIpc) is 3.07. The van der Waals surface area contributed by atoms with Crippen LogP contribution in [0.15, 0.2) is 40.5 Å². The lowest BCUT2D eigenvalue weighted by atomic mass is 10.1. The number of anilines is 2. The molecule has 158 valence electrons. The van der Waals surface area contributed by atoms with Crippen molar-refractivity contribution in [3.05, 3.63) is 46.7 Å². The summed E-state index contributed by atoms with van der Waals surface area (Å²) in [5, 5.41) is 4.62. The number of hydrogen-bond donors (Lipinski definition) is 1.